The van der Waals surface area contributed by atoms with Crippen LogP contribution in [0.1, 0.15) is 5.56 Å². The molecule has 0 atom stereocenters. The molecule has 3 rings (SSSR count). The van der Waals surface area contributed by atoms with Gasteiger partial charge in [-0.15, -0.1) is 0 Å². The van der Waals surface area contributed by atoms with E-state index in [0.29, 0.717) is 12.2 Å². The van der Waals surface area contributed by atoms with E-state index in [4.69, 9.17) is 0 Å². The summed E-state index contributed by atoms with van der Waals surface area (Å²) < 4.78 is 0. The maximum Gasteiger partial charge on any atom is 0.326 e. The number of urea groups is 1. The van der Waals surface area contributed by atoms with E-state index < -0.39 is 0 Å². The Labute approximate surface area is 105 Å². The summed E-state index contributed by atoms with van der Waals surface area (Å²) in [6, 6.07) is 7.90. The number of hydrogen-bond acceptors (Lipinski definition) is 2. The Hall–Kier alpha value is -2.36. The number of aliphatic imine (C=N–C) groups is 1. The van der Waals surface area contributed by atoms with Crippen molar-refractivity contribution >= 4 is 17.4 Å². The van der Waals surface area contributed by atoms with Crippen LogP contribution >= 0.6 is 0 Å². The molecule has 4 nitrogen and oxygen atoms in total. The predicted molar refractivity (Wildman–Crippen MR) is 70.8 cm³/mol. The Kier molecular flexibility index (Phi) is 2.48. The van der Waals surface area contributed by atoms with E-state index in [9.17, 15) is 4.79 Å². The van der Waals surface area contributed by atoms with Crippen molar-refractivity contribution < 1.29 is 4.79 Å². The standard InChI is InChI=1S/C14H13N3O/c1-10-6-7-17(14(18)15-10)9-12-8-11-4-2-3-5-13(11)16-12/h2-7H,1,8-9H2,(H,15,18). The number of amides is 2. The zero-order valence-corrected chi connectivity index (χ0v) is 9.89. The molecule has 1 aromatic carbocycles. The zero-order chi connectivity index (χ0) is 12.5. The molecular formula is C14H13N3O. The minimum Gasteiger partial charge on any atom is -0.308 e. The SMILES string of the molecule is C=C1C=CN(CC2=Nc3ccccc3C2)C(=O)N1. The Morgan fingerprint density at radius 1 is 1.39 bits per heavy atom. The molecular weight excluding hydrogens is 226 g/mol. The quantitative estimate of drug-likeness (QED) is 0.846. The first kappa shape index (κ1) is 10.8. The molecule has 0 fully saturated rings. The van der Waals surface area contributed by atoms with Crippen molar-refractivity contribution in [2.45, 2.75) is 6.42 Å². The highest BCUT2D eigenvalue weighted by Crippen LogP contribution is 2.26. The van der Waals surface area contributed by atoms with Crippen LogP contribution in [0.2, 0.25) is 0 Å². The summed E-state index contributed by atoms with van der Waals surface area (Å²) in [5.41, 5.74) is 3.85. The van der Waals surface area contributed by atoms with Gasteiger partial charge in [-0.3, -0.25) is 9.89 Å². The highest BCUT2D eigenvalue weighted by Gasteiger charge is 2.20. The average Bonchev–Trinajstić information content (AvgIpc) is 2.75. The van der Waals surface area contributed by atoms with Crippen molar-refractivity contribution in [2.75, 3.05) is 6.54 Å². The third-order valence-electron chi connectivity index (χ3n) is 3.00. The van der Waals surface area contributed by atoms with Gasteiger partial charge in [0.05, 0.1) is 12.2 Å². The lowest BCUT2D eigenvalue weighted by atomic mass is 10.1. The summed E-state index contributed by atoms with van der Waals surface area (Å²) in [5.74, 6) is 0. The highest BCUT2D eigenvalue weighted by molar-refractivity contribution is 5.97. The lowest BCUT2D eigenvalue weighted by molar-refractivity contribution is 0.221. The topological polar surface area (TPSA) is 44.7 Å². The molecule has 1 aromatic rings. The van der Waals surface area contributed by atoms with Crippen molar-refractivity contribution in [1.82, 2.24) is 10.2 Å². The molecule has 0 aromatic heterocycles. The van der Waals surface area contributed by atoms with Gasteiger partial charge < -0.3 is 5.32 Å². The smallest absolute Gasteiger partial charge is 0.308 e. The molecule has 2 heterocycles. The van der Waals surface area contributed by atoms with Crippen LogP contribution in [-0.2, 0) is 6.42 Å². The third-order valence-corrected chi connectivity index (χ3v) is 3.00. The molecule has 0 aliphatic carbocycles. The van der Waals surface area contributed by atoms with Gasteiger partial charge in [0.25, 0.3) is 0 Å². The van der Waals surface area contributed by atoms with E-state index >= 15 is 0 Å². The summed E-state index contributed by atoms with van der Waals surface area (Å²) in [6.07, 6.45) is 4.34. The summed E-state index contributed by atoms with van der Waals surface area (Å²) in [5, 5.41) is 2.68. The zero-order valence-electron chi connectivity index (χ0n) is 9.89. The summed E-state index contributed by atoms with van der Waals surface area (Å²) >= 11 is 0. The molecule has 90 valence electrons. The van der Waals surface area contributed by atoms with E-state index in [2.05, 4.69) is 23.0 Å². The van der Waals surface area contributed by atoms with E-state index in [0.717, 1.165) is 17.8 Å². The van der Waals surface area contributed by atoms with Crippen LogP contribution in [-0.4, -0.2) is 23.2 Å². The van der Waals surface area contributed by atoms with Crippen molar-refractivity contribution in [2.24, 2.45) is 4.99 Å². The number of nitrogens with zero attached hydrogens (tertiary/aromatic N) is 2. The van der Waals surface area contributed by atoms with Crippen LogP contribution in [0.5, 0.6) is 0 Å². The van der Waals surface area contributed by atoms with Crippen LogP contribution in [0.4, 0.5) is 10.5 Å². The second-order valence-electron chi connectivity index (χ2n) is 4.38. The second kappa shape index (κ2) is 4.14. The second-order valence-corrected chi connectivity index (χ2v) is 4.38. The molecule has 4 heteroatoms. The van der Waals surface area contributed by atoms with Gasteiger partial charge in [0.1, 0.15) is 0 Å². The van der Waals surface area contributed by atoms with Gasteiger partial charge in [0.15, 0.2) is 0 Å². The van der Waals surface area contributed by atoms with Gasteiger partial charge in [-0.05, 0) is 17.7 Å². The summed E-state index contributed by atoms with van der Waals surface area (Å²) in [4.78, 5) is 17.9. The molecule has 2 aliphatic heterocycles. The number of carbonyl (C=O) groups is 1. The van der Waals surface area contributed by atoms with Gasteiger partial charge in [0.2, 0.25) is 0 Å². The predicted octanol–water partition coefficient (Wildman–Crippen LogP) is 2.37. The molecule has 0 saturated heterocycles. The number of fused-ring (bicyclic) bond motifs is 1. The minimum atomic E-state index is -0.152. The van der Waals surface area contributed by atoms with Crippen LogP contribution in [0.3, 0.4) is 0 Å². The van der Waals surface area contributed by atoms with Crippen LogP contribution in [0, 0.1) is 0 Å². The first-order chi connectivity index (χ1) is 8.72. The molecule has 0 bridgehead atoms. The van der Waals surface area contributed by atoms with Crippen molar-refractivity contribution in [3.8, 4) is 0 Å². The van der Waals surface area contributed by atoms with Crippen LogP contribution in [0.25, 0.3) is 0 Å². The number of benzene rings is 1. The fourth-order valence-corrected chi connectivity index (χ4v) is 2.11. The highest BCUT2D eigenvalue weighted by atomic mass is 16.2. The van der Waals surface area contributed by atoms with E-state index in [1.807, 2.05) is 18.2 Å². The molecule has 0 spiro atoms. The first-order valence-corrected chi connectivity index (χ1v) is 5.81. The Morgan fingerprint density at radius 3 is 3.00 bits per heavy atom. The fraction of sp³-hybridized carbons (Fsp3) is 0.143. The normalized spacial score (nSPS) is 17.6. The molecule has 0 unspecified atom stereocenters. The Balaban J connectivity index is 1.75. The molecule has 18 heavy (non-hydrogen) atoms. The minimum absolute atomic E-state index is 0.152. The van der Waals surface area contributed by atoms with Gasteiger partial charge >= 0.3 is 6.03 Å². The number of rotatable bonds is 2. The van der Waals surface area contributed by atoms with Crippen molar-refractivity contribution in [3.05, 3.63) is 54.4 Å². The molecule has 0 saturated carbocycles. The van der Waals surface area contributed by atoms with Gasteiger partial charge in [-0.25, -0.2) is 4.79 Å². The van der Waals surface area contributed by atoms with Gasteiger partial charge in [0, 0.05) is 24.0 Å². The van der Waals surface area contributed by atoms with Crippen LogP contribution < -0.4 is 5.32 Å². The average molecular weight is 239 g/mol. The maximum atomic E-state index is 11.7. The first-order valence-electron chi connectivity index (χ1n) is 5.81. The van der Waals surface area contributed by atoms with Gasteiger partial charge in [-0.1, -0.05) is 24.8 Å². The third kappa shape index (κ3) is 1.93. The van der Waals surface area contributed by atoms with Gasteiger partial charge in [-0.2, -0.15) is 0 Å². The molecule has 1 N–H and O–H groups in total. The Bertz CT molecular complexity index is 586. The number of allylic oxidation sites excluding steroid dienone is 1. The fourth-order valence-electron chi connectivity index (χ4n) is 2.11. The lowest BCUT2D eigenvalue weighted by Crippen LogP contribution is -2.41. The van der Waals surface area contributed by atoms with Crippen LogP contribution in [0.15, 0.2) is 53.8 Å². The van der Waals surface area contributed by atoms with Crippen molar-refractivity contribution in [1.29, 1.82) is 0 Å². The van der Waals surface area contributed by atoms with Crippen molar-refractivity contribution in [3.63, 3.8) is 0 Å². The summed E-state index contributed by atoms with van der Waals surface area (Å²) in [7, 11) is 0. The lowest BCUT2D eigenvalue weighted by Gasteiger charge is -2.22. The largest absolute Gasteiger partial charge is 0.326 e. The van der Waals surface area contributed by atoms with E-state index in [-0.39, 0.29) is 6.03 Å². The van der Waals surface area contributed by atoms with E-state index in [1.54, 1.807) is 17.2 Å². The van der Waals surface area contributed by atoms with E-state index in [1.165, 1.54) is 5.56 Å². The number of nitrogens with one attached hydrogen (secondary N) is 1. The maximum absolute atomic E-state index is 11.7. The number of para-hydroxylation sites is 1. The number of hydrogen-bond donors (Lipinski definition) is 1. The monoisotopic (exact) mass is 239 g/mol. The molecule has 2 amide bonds. The number of carbonyl (C=O) groups excluding carboxylic acids is 1. The molecule has 0 radical (unpaired) electrons. The molecule has 2 aliphatic rings. The summed E-state index contributed by atoms with van der Waals surface area (Å²) in [6.45, 7) is 4.21. The Morgan fingerprint density at radius 2 is 2.22 bits per heavy atom.